The van der Waals surface area contributed by atoms with Gasteiger partial charge in [-0.2, -0.15) is 4.98 Å². The highest BCUT2D eigenvalue weighted by Gasteiger charge is 2.28. The summed E-state index contributed by atoms with van der Waals surface area (Å²) in [7, 11) is -3.23. The third-order valence-corrected chi connectivity index (χ3v) is 6.71. The zero-order valence-corrected chi connectivity index (χ0v) is 17.9. The van der Waals surface area contributed by atoms with Crippen molar-refractivity contribution in [1.82, 2.24) is 10.3 Å². The van der Waals surface area contributed by atoms with Gasteiger partial charge in [-0.25, -0.2) is 8.42 Å². The number of nitrogens with zero attached hydrogens (tertiary/aromatic N) is 2. The average molecular weight is 428 g/mol. The molecule has 1 aliphatic heterocycles. The van der Waals surface area contributed by atoms with Crippen molar-refractivity contribution in [2.45, 2.75) is 30.7 Å². The van der Waals surface area contributed by atoms with Crippen LogP contribution in [-0.4, -0.2) is 38.7 Å². The van der Waals surface area contributed by atoms with Crippen LogP contribution in [0.4, 0.5) is 6.01 Å². The molecule has 3 aromatic rings. The number of nitrogens with one attached hydrogen (secondary N) is 1. The van der Waals surface area contributed by atoms with Crippen LogP contribution in [-0.2, 0) is 14.6 Å². The Morgan fingerprint density at radius 2 is 1.80 bits per heavy atom. The van der Waals surface area contributed by atoms with Gasteiger partial charge in [-0.1, -0.05) is 24.3 Å². The molecule has 2 aromatic carbocycles. The number of carbonyl (C=O) groups is 1. The zero-order valence-electron chi connectivity index (χ0n) is 17.0. The van der Waals surface area contributed by atoms with Gasteiger partial charge < -0.3 is 14.6 Å². The van der Waals surface area contributed by atoms with Crippen molar-refractivity contribution in [3.05, 3.63) is 54.1 Å². The van der Waals surface area contributed by atoms with E-state index in [1.54, 1.807) is 24.3 Å². The maximum absolute atomic E-state index is 12.7. The first-order chi connectivity index (χ1) is 14.3. The maximum Gasteiger partial charge on any atom is 0.298 e. The summed E-state index contributed by atoms with van der Waals surface area (Å²) in [5, 5.41) is 3.05. The molecule has 1 saturated heterocycles. The average Bonchev–Trinajstić information content (AvgIpc) is 3.17. The van der Waals surface area contributed by atoms with E-state index in [2.05, 4.69) is 15.2 Å². The summed E-state index contributed by atoms with van der Waals surface area (Å²) >= 11 is 0. The lowest BCUT2D eigenvalue weighted by atomic mass is 9.95. The predicted molar refractivity (Wildman–Crippen MR) is 115 cm³/mol. The van der Waals surface area contributed by atoms with Gasteiger partial charge in [0.15, 0.2) is 15.4 Å². The van der Waals surface area contributed by atoms with E-state index in [9.17, 15) is 13.2 Å². The van der Waals surface area contributed by atoms with Gasteiger partial charge in [0.25, 0.3) is 6.01 Å². The minimum atomic E-state index is -3.23. The van der Waals surface area contributed by atoms with Crippen molar-refractivity contribution in [3.8, 4) is 0 Å². The van der Waals surface area contributed by atoms with E-state index in [4.69, 9.17) is 4.42 Å². The highest BCUT2D eigenvalue weighted by atomic mass is 32.2. The van der Waals surface area contributed by atoms with Gasteiger partial charge in [0.05, 0.1) is 10.9 Å². The number of hydrogen-bond acceptors (Lipinski definition) is 6. The van der Waals surface area contributed by atoms with Crippen LogP contribution in [0.1, 0.15) is 31.4 Å². The first kappa shape index (κ1) is 20.4. The molecule has 1 N–H and O–H groups in total. The van der Waals surface area contributed by atoms with Crippen molar-refractivity contribution >= 4 is 32.9 Å². The summed E-state index contributed by atoms with van der Waals surface area (Å²) in [5.41, 5.74) is 2.48. The van der Waals surface area contributed by atoms with Crippen LogP contribution in [0.15, 0.2) is 57.8 Å². The second kappa shape index (κ2) is 8.10. The molecule has 7 nitrogen and oxygen atoms in total. The monoisotopic (exact) mass is 427 g/mol. The molecule has 1 aromatic heterocycles. The first-order valence-corrected chi connectivity index (χ1v) is 11.9. The molecule has 158 valence electrons. The third-order valence-electron chi connectivity index (χ3n) is 5.59. The van der Waals surface area contributed by atoms with Gasteiger partial charge in [0, 0.05) is 25.3 Å². The number of sulfone groups is 1. The molecule has 4 rings (SSSR count). The van der Waals surface area contributed by atoms with E-state index in [0.29, 0.717) is 19.1 Å². The summed E-state index contributed by atoms with van der Waals surface area (Å²) in [5.74, 6) is -0.0460. The number of para-hydroxylation sites is 2. The predicted octanol–water partition coefficient (Wildman–Crippen LogP) is 3.33. The van der Waals surface area contributed by atoms with Crippen LogP contribution in [0, 0.1) is 5.92 Å². The van der Waals surface area contributed by atoms with Gasteiger partial charge in [0.2, 0.25) is 5.91 Å². The highest BCUT2D eigenvalue weighted by Crippen LogP contribution is 2.27. The number of carbonyl (C=O) groups excluding carboxylic acids is 1. The summed E-state index contributed by atoms with van der Waals surface area (Å²) in [6.07, 6.45) is 2.63. The summed E-state index contributed by atoms with van der Waals surface area (Å²) in [6.45, 7) is 3.32. The smallest absolute Gasteiger partial charge is 0.298 e. The fourth-order valence-corrected chi connectivity index (χ4v) is 4.38. The fraction of sp³-hybridized carbons (Fsp3) is 0.364. The number of hydrogen-bond donors (Lipinski definition) is 1. The quantitative estimate of drug-likeness (QED) is 0.671. The second-order valence-electron chi connectivity index (χ2n) is 7.80. The number of aromatic nitrogens is 1. The molecular weight excluding hydrogens is 402 g/mol. The van der Waals surface area contributed by atoms with Crippen molar-refractivity contribution < 1.29 is 17.6 Å². The normalized spacial score (nSPS) is 16.5. The largest absolute Gasteiger partial charge is 0.423 e. The molecule has 30 heavy (non-hydrogen) atoms. The van der Waals surface area contributed by atoms with E-state index in [-0.39, 0.29) is 22.8 Å². The van der Waals surface area contributed by atoms with Gasteiger partial charge in [-0.05, 0) is 49.6 Å². The minimum Gasteiger partial charge on any atom is -0.423 e. The summed E-state index contributed by atoms with van der Waals surface area (Å²) in [4.78, 5) is 19.6. The Balaban J connectivity index is 1.33. The second-order valence-corrected chi connectivity index (χ2v) is 9.81. The molecule has 1 amide bonds. The van der Waals surface area contributed by atoms with Crippen LogP contribution in [0.3, 0.4) is 0 Å². The maximum atomic E-state index is 12.7. The Labute approximate surface area is 176 Å². The van der Waals surface area contributed by atoms with Crippen molar-refractivity contribution in [1.29, 1.82) is 0 Å². The topological polar surface area (TPSA) is 92.5 Å². The van der Waals surface area contributed by atoms with E-state index >= 15 is 0 Å². The fourth-order valence-electron chi connectivity index (χ4n) is 3.75. The standard InChI is InChI=1S/C22H25N3O4S/c1-15(16-7-9-18(10-8-16)30(2,27)28)23-21(26)17-11-13-25(14-12-17)22-24-19-5-3-4-6-20(19)29-22/h3-10,15,17H,11-14H2,1-2H3,(H,23,26). The van der Waals surface area contributed by atoms with Gasteiger partial charge in [-0.15, -0.1) is 0 Å². The summed E-state index contributed by atoms with van der Waals surface area (Å²) in [6, 6.07) is 14.7. The van der Waals surface area contributed by atoms with Gasteiger partial charge in [-0.3, -0.25) is 4.79 Å². The molecule has 1 fully saturated rings. The van der Waals surface area contributed by atoms with Crippen molar-refractivity contribution in [3.63, 3.8) is 0 Å². The third kappa shape index (κ3) is 4.33. The minimum absolute atomic E-state index is 0.0203. The molecular formula is C22H25N3O4S. The molecule has 1 atom stereocenters. The van der Waals surface area contributed by atoms with Crippen LogP contribution >= 0.6 is 0 Å². The van der Waals surface area contributed by atoms with E-state index < -0.39 is 9.84 Å². The lowest BCUT2D eigenvalue weighted by Crippen LogP contribution is -2.41. The molecule has 0 aliphatic carbocycles. The van der Waals surface area contributed by atoms with Gasteiger partial charge in [0.1, 0.15) is 5.52 Å². The molecule has 1 unspecified atom stereocenters. The number of anilines is 1. The first-order valence-electron chi connectivity index (χ1n) is 10.0. The Morgan fingerprint density at radius 3 is 2.43 bits per heavy atom. The number of oxazole rings is 1. The Kier molecular flexibility index (Phi) is 5.51. The highest BCUT2D eigenvalue weighted by molar-refractivity contribution is 7.90. The van der Waals surface area contributed by atoms with Crippen LogP contribution < -0.4 is 10.2 Å². The Hall–Kier alpha value is -2.87. The Morgan fingerprint density at radius 1 is 1.13 bits per heavy atom. The zero-order chi connectivity index (χ0) is 21.3. The van der Waals surface area contributed by atoms with Crippen LogP contribution in [0.25, 0.3) is 11.1 Å². The number of fused-ring (bicyclic) bond motifs is 1. The summed E-state index contributed by atoms with van der Waals surface area (Å²) < 4.78 is 29.0. The Bertz CT molecular complexity index is 1110. The lowest BCUT2D eigenvalue weighted by molar-refractivity contribution is -0.126. The number of benzene rings is 2. The molecule has 0 spiro atoms. The van der Waals surface area contributed by atoms with Crippen molar-refractivity contribution in [2.24, 2.45) is 5.92 Å². The molecule has 2 heterocycles. The molecule has 0 saturated carbocycles. The van der Waals surface area contributed by atoms with Crippen molar-refractivity contribution in [2.75, 3.05) is 24.2 Å². The van der Waals surface area contributed by atoms with E-state index in [1.165, 1.54) is 6.26 Å². The molecule has 0 bridgehead atoms. The lowest BCUT2D eigenvalue weighted by Gasteiger charge is -2.30. The van der Waals surface area contributed by atoms with E-state index in [0.717, 1.165) is 29.5 Å². The number of rotatable bonds is 5. The van der Waals surface area contributed by atoms with Gasteiger partial charge >= 0.3 is 0 Å². The molecule has 8 heteroatoms. The molecule has 1 aliphatic rings. The van der Waals surface area contributed by atoms with Crippen LogP contribution in [0.2, 0.25) is 0 Å². The number of amides is 1. The number of piperidine rings is 1. The van der Waals surface area contributed by atoms with Crippen LogP contribution in [0.5, 0.6) is 0 Å². The van der Waals surface area contributed by atoms with E-state index in [1.807, 2.05) is 31.2 Å². The molecule has 0 radical (unpaired) electrons. The SMILES string of the molecule is CC(NC(=O)C1CCN(c2nc3ccccc3o2)CC1)c1ccc(S(C)(=O)=O)cc1.